The highest BCUT2D eigenvalue weighted by atomic mass is 35.5. The Balaban J connectivity index is 2.40. The summed E-state index contributed by atoms with van der Waals surface area (Å²) in [6, 6.07) is 0. The second kappa shape index (κ2) is 2.24. The quantitative estimate of drug-likeness (QED) is 0.540. The smallest absolute Gasteiger partial charge is 0.0782 e. The van der Waals surface area contributed by atoms with Crippen molar-refractivity contribution in [3.63, 3.8) is 0 Å². The molecule has 1 fully saturated rings. The van der Waals surface area contributed by atoms with Gasteiger partial charge in [-0.2, -0.15) is 0 Å². The van der Waals surface area contributed by atoms with Crippen LogP contribution in [0, 0.1) is 0 Å². The molecule has 0 aromatic rings. The molecule has 1 rings (SSSR count). The summed E-state index contributed by atoms with van der Waals surface area (Å²) in [5.41, 5.74) is -0.498. The van der Waals surface area contributed by atoms with Gasteiger partial charge in [0.2, 0.25) is 0 Å². The minimum absolute atomic E-state index is 0.410. The summed E-state index contributed by atoms with van der Waals surface area (Å²) in [7, 11) is 0. The highest BCUT2D eigenvalue weighted by Crippen LogP contribution is 2.29. The third kappa shape index (κ3) is 1.15. The van der Waals surface area contributed by atoms with Crippen molar-refractivity contribution >= 4 is 11.6 Å². The summed E-state index contributed by atoms with van der Waals surface area (Å²) >= 11 is 5.50. The van der Waals surface area contributed by atoms with Crippen LogP contribution in [0.15, 0.2) is 0 Å². The number of rotatable bonds is 1. The predicted molar refractivity (Wildman–Crippen MR) is 34.1 cm³/mol. The molecule has 1 saturated carbocycles. The fourth-order valence-corrected chi connectivity index (χ4v) is 1.43. The Morgan fingerprint density at radius 2 is 1.88 bits per heavy atom. The van der Waals surface area contributed by atoms with E-state index in [4.69, 9.17) is 11.6 Å². The van der Waals surface area contributed by atoms with Gasteiger partial charge in [0.1, 0.15) is 0 Å². The van der Waals surface area contributed by atoms with Crippen LogP contribution < -0.4 is 0 Å². The van der Waals surface area contributed by atoms with Gasteiger partial charge in [-0.05, 0) is 12.8 Å². The van der Waals surface area contributed by atoms with E-state index in [9.17, 15) is 5.11 Å². The highest BCUT2D eigenvalue weighted by molar-refractivity contribution is 6.18. The molecule has 1 N–H and O–H groups in total. The van der Waals surface area contributed by atoms with Crippen LogP contribution in [0.1, 0.15) is 25.7 Å². The molecule has 8 heavy (non-hydrogen) atoms. The maximum atomic E-state index is 9.37. The largest absolute Gasteiger partial charge is 0.389 e. The number of hydrogen-bond donors (Lipinski definition) is 1. The first-order valence-electron chi connectivity index (χ1n) is 3.05. The van der Waals surface area contributed by atoms with Crippen LogP contribution in [0.5, 0.6) is 0 Å². The Bertz CT molecular complexity index is 76.6. The normalized spacial score (nSPS) is 26.2. The van der Waals surface area contributed by atoms with Crippen LogP contribution in [-0.4, -0.2) is 16.6 Å². The van der Waals surface area contributed by atoms with E-state index in [1.54, 1.807) is 0 Å². The van der Waals surface area contributed by atoms with E-state index in [0.29, 0.717) is 5.88 Å². The molecule has 0 saturated heterocycles. The number of alkyl halides is 1. The molecule has 48 valence electrons. The Hall–Kier alpha value is 0.250. The van der Waals surface area contributed by atoms with Gasteiger partial charge in [-0.25, -0.2) is 0 Å². The van der Waals surface area contributed by atoms with Gasteiger partial charge in [0.25, 0.3) is 0 Å². The molecular formula is C6H11ClO. The SMILES string of the molecule is OC1(CCl)CCCC1. The van der Waals surface area contributed by atoms with Crippen molar-refractivity contribution in [2.45, 2.75) is 31.3 Å². The van der Waals surface area contributed by atoms with Crippen LogP contribution in [0.25, 0.3) is 0 Å². The molecule has 0 radical (unpaired) electrons. The van der Waals surface area contributed by atoms with Crippen molar-refractivity contribution in [1.29, 1.82) is 0 Å². The molecule has 2 heteroatoms. The standard InChI is InChI=1S/C6H11ClO/c7-5-6(8)3-1-2-4-6/h8H,1-5H2. The minimum atomic E-state index is -0.498. The van der Waals surface area contributed by atoms with E-state index >= 15 is 0 Å². The summed E-state index contributed by atoms with van der Waals surface area (Å²) in [5, 5.41) is 9.37. The number of hydrogen-bond acceptors (Lipinski definition) is 1. The zero-order valence-corrected chi connectivity index (χ0v) is 5.62. The lowest BCUT2D eigenvalue weighted by molar-refractivity contribution is 0.0718. The lowest BCUT2D eigenvalue weighted by Gasteiger charge is -2.16. The van der Waals surface area contributed by atoms with Crippen LogP contribution in [0.2, 0.25) is 0 Å². The second-order valence-corrected chi connectivity index (χ2v) is 2.83. The molecule has 0 atom stereocenters. The molecule has 1 nitrogen and oxygen atoms in total. The van der Waals surface area contributed by atoms with Crippen molar-refractivity contribution in [2.75, 3.05) is 5.88 Å². The molecule has 0 aliphatic heterocycles. The zero-order valence-electron chi connectivity index (χ0n) is 4.86. The van der Waals surface area contributed by atoms with Crippen LogP contribution in [0.4, 0.5) is 0 Å². The van der Waals surface area contributed by atoms with Crippen molar-refractivity contribution in [1.82, 2.24) is 0 Å². The van der Waals surface area contributed by atoms with Crippen LogP contribution in [-0.2, 0) is 0 Å². The third-order valence-corrected chi connectivity index (χ3v) is 2.28. The summed E-state index contributed by atoms with van der Waals surface area (Å²) in [6.07, 6.45) is 4.08. The van der Waals surface area contributed by atoms with Gasteiger partial charge in [-0.1, -0.05) is 12.8 Å². The lowest BCUT2D eigenvalue weighted by atomic mass is 10.1. The summed E-state index contributed by atoms with van der Waals surface area (Å²) in [5.74, 6) is 0.410. The first kappa shape index (κ1) is 6.37. The van der Waals surface area contributed by atoms with Gasteiger partial charge >= 0.3 is 0 Å². The maximum absolute atomic E-state index is 9.37. The van der Waals surface area contributed by atoms with E-state index in [2.05, 4.69) is 0 Å². The first-order chi connectivity index (χ1) is 3.77. The second-order valence-electron chi connectivity index (χ2n) is 2.57. The van der Waals surface area contributed by atoms with Crippen molar-refractivity contribution in [3.8, 4) is 0 Å². The molecule has 0 aromatic carbocycles. The summed E-state index contributed by atoms with van der Waals surface area (Å²) in [6.45, 7) is 0. The Morgan fingerprint density at radius 1 is 1.38 bits per heavy atom. The van der Waals surface area contributed by atoms with E-state index in [1.807, 2.05) is 0 Å². The molecule has 0 spiro atoms. The topological polar surface area (TPSA) is 20.2 Å². The average molecular weight is 135 g/mol. The van der Waals surface area contributed by atoms with Gasteiger partial charge < -0.3 is 5.11 Å². The molecule has 1 aliphatic rings. The molecule has 0 heterocycles. The molecule has 0 aromatic heterocycles. The van der Waals surface area contributed by atoms with Gasteiger partial charge in [0.05, 0.1) is 11.5 Å². The minimum Gasteiger partial charge on any atom is -0.389 e. The Labute approximate surface area is 54.7 Å². The van der Waals surface area contributed by atoms with Crippen LogP contribution >= 0.6 is 11.6 Å². The number of halogens is 1. The summed E-state index contributed by atoms with van der Waals surface area (Å²) in [4.78, 5) is 0. The highest BCUT2D eigenvalue weighted by Gasteiger charge is 2.29. The fourth-order valence-electron chi connectivity index (χ4n) is 1.17. The predicted octanol–water partition coefficient (Wildman–Crippen LogP) is 1.53. The maximum Gasteiger partial charge on any atom is 0.0782 e. The first-order valence-corrected chi connectivity index (χ1v) is 3.59. The van der Waals surface area contributed by atoms with E-state index in [-0.39, 0.29) is 0 Å². The van der Waals surface area contributed by atoms with Crippen molar-refractivity contribution in [3.05, 3.63) is 0 Å². The zero-order chi connectivity index (χ0) is 6.04. The van der Waals surface area contributed by atoms with Crippen molar-refractivity contribution < 1.29 is 5.11 Å². The van der Waals surface area contributed by atoms with Gasteiger partial charge in [0.15, 0.2) is 0 Å². The molecule has 0 bridgehead atoms. The average Bonchev–Trinajstić information content (AvgIpc) is 2.17. The van der Waals surface area contributed by atoms with Gasteiger partial charge in [0, 0.05) is 0 Å². The molecule has 0 amide bonds. The monoisotopic (exact) mass is 134 g/mol. The van der Waals surface area contributed by atoms with E-state index in [0.717, 1.165) is 25.7 Å². The van der Waals surface area contributed by atoms with Gasteiger partial charge in [-0.15, -0.1) is 11.6 Å². The third-order valence-electron chi connectivity index (χ3n) is 1.78. The lowest BCUT2D eigenvalue weighted by Crippen LogP contribution is -2.25. The van der Waals surface area contributed by atoms with Crippen LogP contribution in [0.3, 0.4) is 0 Å². The molecular weight excluding hydrogens is 124 g/mol. The fraction of sp³-hybridized carbons (Fsp3) is 1.00. The Kier molecular flexibility index (Phi) is 1.78. The van der Waals surface area contributed by atoms with Crippen molar-refractivity contribution in [2.24, 2.45) is 0 Å². The van der Waals surface area contributed by atoms with Gasteiger partial charge in [-0.3, -0.25) is 0 Å². The number of aliphatic hydroxyl groups is 1. The molecule has 0 unspecified atom stereocenters. The van der Waals surface area contributed by atoms with E-state index in [1.165, 1.54) is 0 Å². The Morgan fingerprint density at radius 3 is 2.12 bits per heavy atom. The molecule has 1 aliphatic carbocycles. The summed E-state index contributed by atoms with van der Waals surface area (Å²) < 4.78 is 0. The van der Waals surface area contributed by atoms with E-state index < -0.39 is 5.60 Å².